The Kier molecular flexibility index (Phi) is 4.41. The predicted octanol–water partition coefficient (Wildman–Crippen LogP) is 3.13. The van der Waals surface area contributed by atoms with Crippen molar-refractivity contribution in [1.29, 1.82) is 0 Å². The molecule has 21 heavy (non-hydrogen) atoms. The predicted molar refractivity (Wildman–Crippen MR) is 84.0 cm³/mol. The van der Waals surface area contributed by atoms with E-state index >= 15 is 0 Å². The molecular weight excluding hydrogens is 262 g/mol. The second-order valence-electron chi connectivity index (χ2n) is 5.33. The van der Waals surface area contributed by atoms with E-state index in [2.05, 4.69) is 18.2 Å². The van der Waals surface area contributed by atoms with E-state index in [1.165, 1.54) is 11.1 Å². The Morgan fingerprint density at radius 1 is 1.10 bits per heavy atom. The number of hydrogen-bond acceptors (Lipinski definition) is 3. The molecule has 0 saturated heterocycles. The molecular formula is C18H21NO2. The normalized spacial score (nSPS) is 16.9. The highest BCUT2D eigenvalue weighted by Gasteiger charge is 2.21. The molecule has 0 radical (unpaired) electrons. The van der Waals surface area contributed by atoms with Crippen LogP contribution in [0, 0.1) is 0 Å². The molecule has 1 heterocycles. The van der Waals surface area contributed by atoms with Gasteiger partial charge in [-0.25, -0.2) is 0 Å². The van der Waals surface area contributed by atoms with Crippen LogP contribution in [0.1, 0.15) is 23.5 Å². The minimum atomic E-state index is 0.390. The smallest absolute Gasteiger partial charge is 0.122 e. The Labute approximate surface area is 125 Å². The largest absolute Gasteiger partial charge is 0.493 e. The maximum Gasteiger partial charge on any atom is 0.122 e. The second-order valence-corrected chi connectivity index (χ2v) is 5.33. The van der Waals surface area contributed by atoms with Crippen LogP contribution in [-0.2, 0) is 6.42 Å². The average Bonchev–Trinajstić information content (AvgIpc) is 2.54. The van der Waals surface area contributed by atoms with E-state index in [0.717, 1.165) is 30.9 Å². The molecule has 1 aliphatic rings. The zero-order valence-electron chi connectivity index (χ0n) is 12.1. The first-order chi connectivity index (χ1) is 10.4. The van der Waals surface area contributed by atoms with E-state index in [4.69, 9.17) is 15.2 Å². The van der Waals surface area contributed by atoms with Gasteiger partial charge in [0.1, 0.15) is 11.5 Å². The molecule has 3 rings (SSSR count). The summed E-state index contributed by atoms with van der Waals surface area (Å²) in [7, 11) is 0. The van der Waals surface area contributed by atoms with Crippen molar-refractivity contribution < 1.29 is 9.47 Å². The Hall–Kier alpha value is -2.00. The molecule has 3 nitrogen and oxygen atoms in total. The van der Waals surface area contributed by atoms with Gasteiger partial charge in [0.25, 0.3) is 0 Å². The summed E-state index contributed by atoms with van der Waals surface area (Å²) >= 11 is 0. The number of rotatable bonds is 5. The summed E-state index contributed by atoms with van der Waals surface area (Å²) in [4.78, 5) is 0. The topological polar surface area (TPSA) is 44.5 Å². The fraction of sp³-hybridized carbons (Fsp3) is 0.333. The molecule has 0 aromatic heterocycles. The van der Waals surface area contributed by atoms with Gasteiger partial charge in [-0.2, -0.15) is 0 Å². The highest BCUT2D eigenvalue weighted by Crippen LogP contribution is 2.34. The second kappa shape index (κ2) is 6.64. The van der Waals surface area contributed by atoms with Crippen LogP contribution in [0.15, 0.2) is 48.5 Å². The third-order valence-electron chi connectivity index (χ3n) is 3.91. The molecule has 2 N–H and O–H groups in total. The molecule has 2 aromatic rings. The van der Waals surface area contributed by atoms with Crippen LogP contribution in [0.5, 0.6) is 11.5 Å². The Morgan fingerprint density at radius 2 is 1.90 bits per heavy atom. The summed E-state index contributed by atoms with van der Waals surface area (Å²) in [6, 6.07) is 16.4. The molecule has 0 saturated carbocycles. The van der Waals surface area contributed by atoms with Crippen molar-refractivity contribution in [1.82, 2.24) is 0 Å². The first-order valence-electron chi connectivity index (χ1n) is 7.51. The van der Waals surface area contributed by atoms with E-state index in [1.54, 1.807) is 0 Å². The van der Waals surface area contributed by atoms with Crippen molar-refractivity contribution in [3.8, 4) is 11.5 Å². The van der Waals surface area contributed by atoms with Crippen molar-refractivity contribution in [2.75, 3.05) is 19.8 Å². The van der Waals surface area contributed by atoms with Gasteiger partial charge >= 0.3 is 0 Å². The molecule has 110 valence electrons. The lowest BCUT2D eigenvalue weighted by molar-refractivity contribution is 0.216. The number of benzene rings is 2. The average molecular weight is 283 g/mol. The molecule has 1 atom stereocenters. The van der Waals surface area contributed by atoms with Crippen molar-refractivity contribution in [2.24, 2.45) is 5.73 Å². The third kappa shape index (κ3) is 3.19. The van der Waals surface area contributed by atoms with Crippen LogP contribution >= 0.6 is 0 Å². The molecule has 3 heteroatoms. The van der Waals surface area contributed by atoms with Gasteiger partial charge in [0, 0.05) is 11.5 Å². The summed E-state index contributed by atoms with van der Waals surface area (Å²) in [5, 5.41) is 0. The van der Waals surface area contributed by atoms with Gasteiger partial charge < -0.3 is 15.2 Å². The first-order valence-corrected chi connectivity index (χ1v) is 7.51. The van der Waals surface area contributed by atoms with E-state index in [1.807, 2.05) is 30.3 Å². The van der Waals surface area contributed by atoms with Gasteiger partial charge in [0.2, 0.25) is 0 Å². The van der Waals surface area contributed by atoms with Crippen molar-refractivity contribution in [2.45, 2.75) is 18.8 Å². The summed E-state index contributed by atoms with van der Waals surface area (Å²) in [5.41, 5.74) is 8.09. The van der Waals surface area contributed by atoms with Gasteiger partial charge in [-0.3, -0.25) is 0 Å². The summed E-state index contributed by atoms with van der Waals surface area (Å²) < 4.78 is 11.8. The number of hydrogen-bond donors (Lipinski definition) is 1. The minimum Gasteiger partial charge on any atom is -0.493 e. The van der Waals surface area contributed by atoms with Crippen molar-refractivity contribution in [3.63, 3.8) is 0 Å². The molecule has 0 spiro atoms. The van der Waals surface area contributed by atoms with Crippen LogP contribution in [0.25, 0.3) is 0 Å². The fourth-order valence-corrected chi connectivity index (χ4v) is 2.79. The van der Waals surface area contributed by atoms with Crippen LogP contribution in [0.4, 0.5) is 0 Å². The molecule has 2 aromatic carbocycles. The van der Waals surface area contributed by atoms with E-state index < -0.39 is 0 Å². The molecule has 0 amide bonds. The van der Waals surface area contributed by atoms with Gasteiger partial charge in [-0.15, -0.1) is 0 Å². The number of fused-ring (bicyclic) bond motifs is 1. The van der Waals surface area contributed by atoms with Crippen LogP contribution in [0.3, 0.4) is 0 Å². The maximum absolute atomic E-state index is 6.07. The summed E-state index contributed by atoms with van der Waals surface area (Å²) in [6.07, 6.45) is 1.84. The van der Waals surface area contributed by atoms with Crippen LogP contribution in [0.2, 0.25) is 0 Å². The Morgan fingerprint density at radius 3 is 2.81 bits per heavy atom. The van der Waals surface area contributed by atoms with Gasteiger partial charge in [-0.1, -0.05) is 36.4 Å². The van der Waals surface area contributed by atoms with Gasteiger partial charge in [0.05, 0.1) is 13.2 Å². The summed E-state index contributed by atoms with van der Waals surface area (Å²) in [5.74, 6) is 2.33. The maximum atomic E-state index is 6.07. The molecule has 0 bridgehead atoms. The Balaban J connectivity index is 1.72. The fourth-order valence-electron chi connectivity index (χ4n) is 2.79. The number of para-hydroxylation sites is 2. The van der Waals surface area contributed by atoms with Gasteiger partial charge in [-0.05, 0) is 37.1 Å². The molecule has 1 unspecified atom stereocenters. The molecule has 0 aliphatic carbocycles. The summed E-state index contributed by atoms with van der Waals surface area (Å²) in [6.45, 7) is 2.08. The standard InChI is InChI=1S/C18H21NO2/c19-11-9-14-5-1-3-7-17(14)21-13-15-10-12-20-18-8-4-2-6-16(15)18/h1-8,15H,9-13,19H2. The van der Waals surface area contributed by atoms with E-state index in [-0.39, 0.29) is 0 Å². The van der Waals surface area contributed by atoms with E-state index in [0.29, 0.717) is 19.1 Å². The zero-order valence-corrected chi connectivity index (χ0v) is 12.1. The zero-order chi connectivity index (χ0) is 14.5. The third-order valence-corrected chi connectivity index (χ3v) is 3.91. The molecule has 0 fully saturated rings. The monoisotopic (exact) mass is 283 g/mol. The first kappa shape index (κ1) is 14.0. The van der Waals surface area contributed by atoms with Crippen molar-refractivity contribution in [3.05, 3.63) is 59.7 Å². The lowest BCUT2D eigenvalue weighted by Crippen LogP contribution is -2.20. The van der Waals surface area contributed by atoms with E-state index in [9.17, 15) is 0 Å². The SMILES string of the molecule is NCCc1ccccc1OCC1CCOc2ccccc21. The molecule has 1 aliphatic heterocycles. The van der Waals surface area contributed by atoms with Gasteiger partial charge in [0.15, 0.2) is 0 Å². The highest BCUT2D eigenvalue weighted by molar-refractivity contribution is 5.38. The number of nitrogens with two attached hydrogens (primary N) is 1. The quantitative estimate of drug-likeness (QED) is 0.917. The van der Waals surface area contributed by atoms with Crippen LogP contribution in [-0.4, -0.2) is 19.8 Å². The Bertz CT molecular complexity index is 597. The van der Waals surface area contributed by atoms with Crippen molar-refractivity contribution >= 4 is 0 Å². The van der Waals surface area contributed by atoms with Crippen LogP contribution < -0.4 is 15.2 Å². The number of ether oxygens (including phenoxy) is 2. The minimum absolute atomic E-state index is 0.390. The highest BCUT2D eigenvalue weighted by atomic mass is 16.5. The lowest BCUT2D eigenvalue weighted by Gasteiger charge is -2.26. The lowest BCUT2D eigenvalue weighted by atomic mass is 9.94.